The molecule has 0 aliphatic heterocycles. The number of nitrogens with zero attached hydrogens (tertiary/aromatic N) is 4. The second kappa shape index (κ2) is 4.81. The first-order chi connectivity index (χ1) is 9.18. The summed E-state index contributed by atoms with van der Waals surface area (Å²) < 4.78 is 41.4. The molecule has 1 atom stereocenters. The van der Waals surface area contributed by atoms with Crippen LogP contribution in [0.5, 0.6) is 0 Å². The molecule has 0 bridgehead atoms. The summed E-state index contributed by atoms with van der Waals surface area (Å²) in [5, 5.41) is 20.1. The maximum absolute atomic E-state index is 13.4. The van der Waals surface area contributed by atoms with Crippen molar-refractivity contribution in [1.82, 2.24) is 20.2 Å². The summed E-state index contributed by atoms with van der Waals surface area (Å²) in [7, 11) is 1.23. The molecule has 1 unspecified atom stereocenters. The average Bonchev–Trinajstić information content (AvgIpc) is 2.77. The minimum Gasteiger partial charge on any atom is -0.370 e. The number of hydrogen-bond donors (Lipinski definition) is 1. The molecular formula is C11H10BrF3N4O. The van der Waals surface area contributed by atoms with Crippen LogP contribution < -0.4 is 0 Å². The SMILES string of the molecule is Cc1ccc(C(O)(c2nnnn2C)C(F)(F)F)cc1Br. The molecule has 0 aliphatic carbocycles. The van der Waals surface area contributed by atoms with Crippen molar-refractivity contribution in [1.29, 1.82) is 0 Å². The quantitative estimate of drug-likeness (QED) is 0.900. The second-order valence-electron chi connectivity index (χ2n) is 4.30. The van der Waals surface area contributed by atoms with Crippen molar-refractivity contribution in [2.75, 3.05) is 0 Å². The van der Waals surface area contributed by atoms with E-state index in [-0.39, 0.29) is 5.56 Å². The van der Waals surface area contributed by atoms with Crippen LogP contribution in [0.3, 0.4) is 0 Å². The zero-order chi connectivity index (χ0) is 15.1. The van der Waals surface area contributed by atoms with Gasteiger partial charge in [-0.2, -0.15) is 13.2 Å². The minimum atomic E-state index is -4.97. The summed E-state index contributed by atoms with van der Waals surface area (Å²) in [5.41, 5.74) is -2.89. The van der Waals surface area contributed by atoms with Crippen LogP contribution in [0.4, 0.5) is 13.2 Å². The number of benzene rings is 1. The Kier molecular flexibility index (Phi) is 3.59. The van der Waals surface area contributed by atoms with E-state index in [0.29, 0.717) is 4.47 Å². The van der Waals surface area contributed by atoms with Crippen LogP contribution in [0.25, 0.3) is 0 Å². The van der Waals surface area contributed by atoms with Crippen molar-refractivity contribution < 1.29 is 18.3 Å². The van der Waals surface area contributed by atoms with E-state index in [0.717, 1.165) is 10.2 Å². The van der Waals surface area contributed by atoms with Gasteiger partial charge in [-0.25, -0.2) is 4.68 Å². The molecule has 9 heteroatoms. The molecule has 5 nitrogen and oxygen atoms in total. The Labute approximate surface area is 120 Å². The Balaban J connectivity index is 2.71. The van der Waals surface area contributed by atoms with Gasteiger partial charge in [0.05, 0.1) is 0 Å². The van der Waals surface area contributed by atoms with Gasteiger partial charge in [-0.3, -0.25) is 0 Å². The molecule has 0 spiro atoms. The van der Waals surface area contributed by atoms with Crippen molar-refractivity contribution in [3.8, 4) is 0 Å². The number of hydrogen-bond acceptors (Lipinski definition) is 4. The number of aliphatic hydroxyl groups is 1. The molecule has 2 rings (SSSR count). The van der Waals surface area contributed by atoms with Crippen LogP contribution in [-0.4, -0.2) is 31.5 Å². The van der Waals surface area contributed by atoms with Gasteiger partial charge in [0.25, 0.3) is 0 Å². The van der Waals surface area contributed by atoms with E-state index in [1.54, 1.807) is 6.92 Å². The average molecular weight is 351 g/mol. The van der Waals surface area contributed by atoms with Crippen LogP contribution in [0.2, 0.25) is 0 Å². The highest BCUT2D eigenvalue weighted by Crippen LogP contribution is 2.43. The zero-order valence-corrected chi connectivity index (χ0v) is 12.1. The van der Waals surface area contributed by atoms with E-state index in [1.807, 2.05) is 0 Å². The molecule has 2 aromatic rings. The first-order valence-electron chi connectivity index (χ1n) is 5.46. The Morgan fingerprint density at radius 1 is 1.30 bits per heavy atom. The summed E-state index contributed by atoms with van der Waals surface area (Å²) in [6, 6.07) is 3.87. The van der Waals surface area contributed by atoms with E-state index in [4.69, 9.17) is 0 Å². The first kappa shape index (κ1) is 14.9. The number of halogens is 4. The molecule has 0 saturated carbocycles. The van der Waals surface area contributed by atoms with Crippen LogP contribution in [-0.2, 0) is 12.6 Å². The van der Waals surface area contributed by atoms with Crippen LogP contribution in [0.1, 0.15) is 17.0 Å². The van der Waals surface area contributed by atoms with Crippen molar-refractivity contribution >= 4 is 15.9 Å². The van der Waals surface area contributed by atoms with Crippen LogP contribution >= 0.6 is 15.9 Å². The molecule has 0 radical (unpaired) electrons. The van der Waals surface area contributed by atoms with Gasteiger partial charge in [-0.1, -0.05) is 28.1 Å². The largest absolute Gasteiger partial charge is 0.429 e. The highest BCUT2D eigenvalue weighted by Gasteiger charge is 2.59. The number of alkyl halides is 3. The fourth-order valence-corrected chi connectivity index (χ4v) is 2.15. The van der Waals surface area contributed by atoms with Gasteiger partial charge in [0.15, 0.2) is 5.82 Å². The van der Waals surface area contributed by atoms with Gasteiger partial charge in [0.2, 0.25) is 5.60 Å². The molecule has 1 heterocycles. The lowest BCUT2D eigenvalue weighted by Crippen LogP contribution is -2.45. The van der Waals surface area contributed by atoms with Crippen molar-refractivity contribution in [3.05, 3.63) is 39.6 Å². The summed E-state index contributed by atoms with van der Waals surface area (Å²) in [5.74, 6) is -0.694. The van der Waals surface area contributed by atoms with E-state index >= 15 is 0 Å². The lowest BCUT2D eigenvalue weighted by atomic mass is 9.91. The zero-order valence-electron chi connectivity index (χ0n) is 10.5. The monoisotopic (exact) mass is 350 g/mol. The second-order valence-corrected chi connectivity index (χ2v) is 5.15. The molecule has 0 saturated heterocycles. The summed E-state index contributed by atoms with van der Waals surface area (Å²) >= 11 is 3.15. The van der Waals surface area contributed by atoms with Gasteiger partial charge in [-0.15, -0.1) is 5.10 Å². The molecule has 0 aliphatic rings. The van der Waals surface area contributed by atoms with E-state index < -0.39 is 17.6 Å². The summed E-state index contributed by atoms with van der Waals surface area (Å²) in [4.78, 5) is 0. The lowest BCUT2D eigenvalue weighted by molar-refractivity contribution is -0.252. The van der Waals surface area contributed by atoms with Crippen molar-refractivity contribution in [2.45, 2.75) is 18.7 Å². The summed E-state index contributed by atoms with van der Waals surface area (Å²) in [6.07, 6.45) is -4.97. The third-order valence-corrected chi connectivity index (χ3v) is 3.80. The molecule has 108 valence electrons. The van der Waals surface area contributed by atoms with Crippen molar-refractivity contribution in [2.24, 2.45) is 7.05 Å². The fourth-order valence-electron chi connectivity index (χ4n) is 1.77. The molecule has 0 fully saturated rings. The van der Waals surface area contributed by atoms with E-state index in [1.165, 1.54) is 25.2 Å². The van der Waals surface area contributed by atoms with Gasteiger partial charge in [-0.05, 0) is 29.0 Å². The fraction of sp³-hybridized carbons (Fsp3) is 0.364. The Bertz CT molecular complexity index is 643. The highest BCUT2D eigenvalue weighted by atomic mass is 79.9. The normalized spacial score (nSPS) is 15.2. The lowest BCUT2D eigenvalue weighted by Gasteiger charge is -2.29. The highest BCUT2D eigenvalue weighted by molar-refractivity contribution is 9.10. The maximum atomic E-state index is 13.4. The van der Waals surface area contributed by atoms with E-state index in [9.17, 15) is 18.3 Å². The Morgan fingerprint density at radius 3 is 2.40 bits per heavy atom. The smallest absolute Gasteiger partial charge is 0.370 e. The third-order valence-electron chi connectivity index (χ3n) is 2.94. The minimum absolute atomic E-state index is 0.361. The van der Waals surface area contributed by atoms with Gasteiger partial charge in [0, 0.05) is 17.1 Å². The number of aromatic nitrogens is 4. The molecule has 1 aromatic carbocycles. The van der Waals surface area contributed by atoms with E-state index in [2.05, 4.69) is 31.5 Å². The maximum Gasteiger partial charge on any atom is 0.429 e. The third kappa shape index (κ3) is 2.20. The predicted octanol–water partition coefficient (Wildman–Crippen LogP) is 2.08. The van der Waals surface area contributed by atoms with Gasteiger partial charge < -0.3 is 5.11 Å². The topological polar surface area (TPSA) is 63.8 Å². The summed E-state index contributed by atoms with van der Waals surface area (Å²) in [6.45, 7) is 1.73. The molecule has 20 heavy (non-hydrogen) atoms. The molecular weight excluding hydrogens is 341 g/mol. The Hall–Kier alpha value is -1.48. The predicted molar refractivity (Wildman–Crippen MR) is 66.7 cm³/mol. The number of aryl methyl sites for hydroxylation is 2. The number of tetrazole rings is 1. The molecule has 1 N–H and O–H groups in total. The molecule has 1 aromatic heterocycles. The van der Waals surface area contributed by atoms with Crippen LogP contribution in [0.15, 0.2) is 22.7 Å². The van der Waals surface area contributed by atoms with Gasteiger partial charge in [0.1, 0.15) is 0 Å². The van der Waals surface area contributed by atoms with Crippen LogP contribution in [0, 0.1) is 6.92 Å². The first-order valence-corrected chi connectivity index (χ1v) is 6.25. The van der Waals surface area contributed by atoms with Gasteiger partial charge >= 0.3 is 6.18 Å². The standard InChI is InChI=1S/C11H10BrF3N4O/c1-6-3-4-7(5-8(6)12)10(20,11(13,14)15)9-16-17-18-19(9)2/h3-5,20H,1-2H3. The number of rotatable bonds is 2. The van der Waals surface area contributed by atoms with Crippen molar-refractivity contribution in [3.63, 3.8) is 0 Å². The molecule has 0 amide bonds. The Morgan fingerprint density at radius 2 is 1.95 bits per heavy atom.